The van der Waals surface area contributed by atoms with Crippen LogP contribution in [-0.4, -0.2) is 42.9 Å². The molecule has 0 saturated carbocycles. The van der Waals surface area contributed by atoms with Crippen molar-refractivity contribution in [2.45, 2.75) is 32.6 Å². The summed E-state index contributed by atoms with van der Waals surface area (Å²) < 4.78 is 5.31. The predicted molar refractivity (Wildman–Crippen MR) is 113 cm³/mol. The van der Waals surface area contributed by atoms with Crippen LogP contribution in [0.25, 0.3) is 6.08 Å². The van der Waals surface area contributed by atoms with Gasteiger partial charge in [0.1, 0.15) is 11.5 Å². The molecule has 0 bridgehead atoms. The fraction of sp³-hybridized carbons (Fsp3) is 0.391. The summed E-state index contributed by atoms with van der Waals surface area (Å²) in [5.74, 6) is -0.139. The normalized spacial score (nSPS) is 15.1. The van der Waals surface area contributed by atoms with Crippen molar-refractivity contribution in [3.63, 3.8) is 0 Å². The van der Waals surface area contributed by atoms with E-state index in [1.807, 2.05) is 19.1 Å². The summed E-state index contributed by atoms with van der Waals surface area (Å²) in [6.07, 6.45) is 7.79. The van der Waals surface area contributed by atoms with Gasteiger partial charge in [0.15, 0.2) is 0 Å². The summed E-state index contributed by atoms with van der Waals surface area (Å²) in [6, 6.07) is 10.7. The first kappa shape index (κ1) is 20.9. The molecule has 6 nitrogen and oxygen atoms in total. The van der Waals surface area contributed by atoms with E-state index in [1.165, 1.54) is 25.5 Å². The lowest BCUT2D eigenvalue weighted by molar-refractivity contribution is -0.117. The number of carbonyl (C=O) groups excluding carboxylic acids is 2. The summed E-state index contributed by atoms with van der Waals surface area (Å²) in [4.78, 5) is 27.7. The number of hydrogen-bond acceptors (Lipinski definition) is 4. The first-order chi connectivity index (χ1) is 14.1. The monoisotopic (exact) mass is 395 g/mol. The highest BCUT2D eigenvalue weighted by molar-refractivity contribution is 6.05. The zero-order valence-corrected chi connectivity index (χ0v) is 16.9. The number of furan rings is 1. The van der Waals surface area contributed by atoms with Gasteiger partial charge < -0.3 is 20.0 Å². The number of likely N-dealkylation sites (tertiary alicyclic amines) is 1. The Morgan fingerprint density at radius 3 is 2.55 bits per heavy atom. The minimum atomic E-state index is -0.328. The molecule has 1 fully saturated rings. The summed E-state index contributed by atoms with van der Waals surface area (Å²) in [6.45, 7) is 5.79. The maximum absolute atomic E-state index is 12.7. The molecule has 1 aliphatic rings. The molecule has 2 heterocycles. The summed E-state index contributed by atoms with van der Waals surface area (Å²) in [5.41, 5.74) is 1.74. The van der Waals surface area contributed by atoms with Crippen LogP contribution in [-0.2, 0) is 4.79 Å². The smallest absolute Gasteiger partial charge is 0.267 e. The van der Waals surface area contributed by atoms with Gasteiger partial charge in [0, 0.05) is 18.2 Å². The molecular weight excluding hydrogens is 366 g/mol. The molecule has 3 rings (SSSR count). The van der Waals surface area contributed by atoms with E-state index in [4.69, 9.17) is 4.42 Å². The number of rotatable bonds is 8. The zero-order valence-electron chi connectivity index (χ0n) is 16.9. The SMILES string of the molecule is Cc1ccc(C(=O)N/C(=C\c2ccco2)C(=O)NCCCN2CCCCC2)cc1. The molecule has 1 aromatic carbocycles. The van der Waals surface area contributed by atoms with E-state index < -0.39 is 0 Å². The zero-order chi connectivity index (χ0) is 20.5. The molecule has 2 aromatic rings. The summed E-state index contributed by atoms with van der Waals surface area (Å²) in [7, 11) is 0. The van der Waals surface area contributed by atoms with Gasteiger partial charge in [-0.15, -0.1) is 0 Å². The topological polar surface area (TPSA) is 74.6 Å². The number of amides is 2. The van der Waals surface area contributed by atoms with Crippen LogP contribution in [0.4, 0.5) is 0 Å². The average Bonchev–Trinajstić information content (AvgIpc) is 3.25. The molecular formula is C23H29N3O3. The molecule has 0 spiro atoms. The highest BCUT2D eigenvalue weighted by atomic mass is 16.3. The Hall–Kier alpha value is -2.86. The lowest BCUT2D eigenvalue weighted by Crippen LogP contribution is -2.37. The highest BCUT2D eigenvalue weighted by Gasteiger charge is 2.15. The Morgan fingerprint density at radius 2 is 1.86 bits per heavy atom. The van der Waals surface area contributed by atoms with E-state index >= 15 is 0 Å². The first-order valence-corrected chi connectivity index (χ1v) is 10.3. The van der Waals surface area contributed by atoms with Crippen LogP contribution in [0.5, 0.6) is 0 Å². The van der Waals surface area contributed by atoms with Crippen molar-refractivity contribution in [1.82, 2.24) is 15.5 Å². The molecule has 154 valence electrons. The molecule has 0 unspecified atom stereocenters. The fourth-order valence-electron chi connectivity index (χ4n) is 3.36. The van der Waals surface area contributed by atoms with Crippen LogP contribution in [0.15, 0.2) is 52.8 Å². The molecule has 0 atom stereocenters. The Bertz CT molecular complexity index is 820. The first-order valence-electron chi connectivity index (χ1n) is 10.3. The molecule has 1 aromatic heterocycles. The van der Waals surface area contributed by atoms with Gasteiger partial charge in [0.05, 0.1) is 6.26 Å². The van der Waals surface area contributed by atoms with Gasteiger partial charge in [-0.3, -0.25) is 9.59 Å². The molecule has 1 aliphatic heterocycles. The van der Waals surface area contributed by atoms with Crippen LogP contribution >= 0.6 is 0 Å². The highest BCUT2D eigenvalue weighted by Crippen LogP contribution is 2.10. The van der Waals surface area contributed by atoms with E-state index in [9.17, 15) is 9.59 Å². The lowest BCUT2D eigenvalue weighted by Gasteiger charge is -2.26. The van der Waals surface area contributed by atoms with Gasteiger partial charge in [-0.2, -0.15) is 0 Å². The minimum absolute atomic E-state index is 0.170. The maximum atomic E-state index is 12.7. The molecule has 0 radical (unpaired) electrons. The number of piperidine rings is 1. The molecule has 2 N–H and O–H groups in total. The summed E-state index contributed by atoms with van der Waals surface area (Å²) >= 11 is 0. The molecule has 6 heteroatoms. The molecule has 0 aliphatic carbocycles. The number of nitrogens with one attached hydrogen (secondary N) is 2. The Balaban J connectivity index is 1.58. The standard InChI is InChI=1S/C23H29N3O3/c1-18-8-10-19(11-9-18)22(27)25-21(17-20-7-5-16-29-20)23(28)24-12-6-15-26-13-3-2-4-14-26/h5,7-11,16-17H,2-4,6,12-15H2,1H3,(H,24,28)(H,25,27)/b21-17-. The van der Waals surface area contributed by atoms with E-state index in [0.29, 0.717) is 17.9 Å². The fourth-order valence-corrected chi connectivity index (χ4v) is 3.36. The quantitative estimate of drug-likeness (QED) is 0.531. The van der Waals surface area contributed by atoms with Crippen LogP contribution < -0.4 is 10.6 Å². The Morgan fingerprint density at radius 1 is 1.10 bits per heavy atom. The van der Waals surface area contributed by atoms with Gasteiger partial charge in [-0.05, 0) is 70.1 Å². The van der Waals surface area contributed by atoms with Crippen LogP contribution in [0.1, 0.15) is 47.4 Å². The van der Waals surface area contributed by atoms with Gasteiger partial charge in [-0.25, -0.2) is 0 Å². The van der Waals surface area contributed by atoms with E-state index in [-0.39, 0.29) is 17.5 Å². The largest absolute Gasteiger partial charge is 0.465 e. The van der Waals surface area contributed by atoms with Crippen molar-refractivity contribution in [3.05, 3.63) is 65.2 Å². The van der Waals surface area contributed by atoms with Gasteiger partial charge in [0.25, 0.3) is 11.8 Å². The number of aryl methyl sites for hydroxylation is 1. The van der Waals surface area contributed by atoms with Crippen molar-refractivity contribution < 1.29 is 14.0 Å². The number of benzene rings is 1. The third-order valence-corrected chi connectivity index (χ3v) is 5.02. The van der Waals surface area contributed by atoms with E-state index in [2.05, 4.69) is 15.5 Å². The van der Waals surface area contributed by atoms with Crippen molar-refractivity contribution in [2.75, 3.05) is 26.2 Å². The number of hydrogen-bond donors (Lipinski definition) is 2. The van der Waals surface area contributed by atoms with E-state index in [0.717, 1.165) is 31.6 Å². The van der Waals surface area contributed by atoms with Crippen molar-refractivity contribution in [1.29, 1.82) is 0 Å². The van der Waals surface area contributed by atoms with Crippen LogP contribution in [0.3, 0.4) is 0 Å². The second-order valence-electron chi connectivity index (χ2n) is 7.41. The second kappa shape index (κ2) is 10.6. The van der Waals surface area contributed by atoms with Crippen molar-refractivity contribution in [2.24, 2.45) is 0 Å². The third kappa shape index (κ3) is 6.61. The van der Waals surface area contributed by atoms with E-state index in [1.54, 1.807) is 30.3 Å². The van der Waals surface area contributed by atoms with Crippen molar-refractivity contribution >= 4 is 17.9 Å². The third-order valence-electron chi connectivity index (χ3n) is 5.02. The van der Waals surface area contributed by atoms with Crippen LogP contribution in [0.2, 0.25) is 0 Å². The molecule has 29 heavy (non-hydrogen) atoms. The molecule has 2 amide bonds. The van der Waals surface area contributed by atoms with Gasteiger partial charge >= 0.3 is 0 Å². The van der Waals surface area contributed by atoms with Gasteiger partial charge in [0.2, 0.25) is 0 Å². The summed E-state index contributed by atoms with van der Waals surface area (Å²) in [5, 5.41) is 5.63. The molecule has 1 saturated heterocycles. The predicted octanol–water partition coefficient (Wildman–Crippen LogP) is 3.35. The lowest BCUT2D eigenvalue weighted by atomic mass is 10.1. The maximum Gasteiger partial charge on any atom is 0.267 e. The second-order valence-corrected chi connectivity index (χ2v) is 7.41. The number of carbonyl (C=O) groups is 2. The minimum Gasteiger partial charge on any atom is -0.465 e. The number of nitrogens with zero attached hydrogens (tertiary/aromatic N) is 1. The Labute approximate surface area is 172 Å². The van der Waals surface area contributed by atoms with Crippen molar-refractivity contribution in [3.8, 4) is 0 Å². The average molecular weight is 396 g/mol. The van der Waals surface area contributed by atoms with Gasteiger partial charge in [-0.1, -0.05) is 24.1 Å². The Kier molecular flexibility index (Phi) is 7.64. The van der Waals surface area contributed by atoms with Crippen LogP contribution in [0, 0.1) is 6.92 Å².